The Balaban J connectivity index is 1.44. The Morgan fingerprint density at radius 3 is 1.97 bits per heavy atom. The van der Waals surface area contributed by atoms with E-state index in [2.05, 4.69) is 10.6 Å². The van der Waals surface area contributed by atoms with Crippen molar-refractivity contribution in [1.82, 2.24) is 10.6 Å². The topological polar surface area (TPSA) is 114 Å². The third kappa shape index (κ3) is 6.23. The average molecular weight is 412 g/mol. The van der Waals surface area contributed by atoms with E-state index in [1.54, 1.807) is 0 Å². The summed E-state index contributed by atoms with van der Waals surface area (Å²) < 4.78 is 10.3. The fraction of sp³-hybridized carbons (Fsp3) is 0.318. The molecule has 2 aromatic rings. The molecule has 8 nitrogen and oxygen atoms in total. The number of rotatable bonds is 9. The molecule has 0 unspecified atom stereocenters. The highest BCUT2D eigenvalue weighted by Crippen LogP contribution is 2.46. The number of carbonyl (C=O) groups is 3. The molecule has 0 spiro atoms. The Kier molecular flexibility index (Phi) is 6.90. The molecule has 0 aromatic heterocycles. The highest BCUT2D eigenvalue weighted by molar-refractivity contribution is 5.74. The summed E-state index contributed by atoms with van der Waals surface area (Å²) in [5.74, 6) is -1.25. The van der Waals surface area contributed by atoms with Gasteiger partial charge in [0.1, 0.15) is 13.2 Å². The zero-order chi connectivity index (χ0) is 21.4. The lowest BCUT2D eigenvalue weighted by Gasteiger charge is -2.18. The average Bonchev–Trinajstić information content (AvgIpc) is 3.41. The fourth-order valence-electron chi connectivity index (χ4n) is 3.28. The minimum atomic E-state index is -1.03. The van der Waals surface area contributed by atoms with Crippen molar-refractivity contribution in [3.63, 3.8) is 0 Å². The summed E-state index contributed by atoms with van der Waals surface area (Å²) in [7, 11) is 0. The predicted octanol–water partition coefficient (Wildman–Crippen LogP) is 3.07. The van der Waals surface area contributed by atoms with Crippen molar-refractivity contribution in [2.45, 2.75) is 31.6 Å². The van der Waals surface area contributed by atoms with E-state index in [9.17, 15) is 19.5 Å². The van der Waals surface area contributed by atoms with E-state index in [4.69, 9.17) is 9.47 Å². The molecule has 3 rings (SSSR count). The highest BCUT2D eigenvalue weighted by atomic mass is 16.6. The van der Waals surface area contributed by atoms with Gasteiger partial charge in [0.05, 0.1) is 12.0 Å². The van der Waals surface area contributed by atoms with Crippen LogP contribution in [0.25, 0.3) is 0 Å². The number of nitrogens with one attached hydrogen (secondary N) is 2. The van der Waals surface area contributed by atoms with Gasteiger partial charge >= 0.3 is 18.2 Å². The molecule has 1 aliphatic rings. The number of benzene rings is 2. The summed E-state index contributed by atoms with van der Waals surface area (Å²) in [6, 6.07) is 18.4. The van der Waals surface area contributed by atoms with E-state index in [1.807, 2.05) is 60.7 Å². The lowest BCUT2D eigenvalue weighted by molar-refractivity contribution is -0.137. The number of alkyl carbamates (subject to hydrolysis) is 2. The van der Waals surface area contributed by atoms with Crippen molar-refractivity contribution in [3.8, 4) is 0 Å². The van der Waals surface area contributed by atoms with Crippen LogP contribution in [0.4, 0.5) is 9.59 Å². The third-order valence-corrected chi connectivity index (χ3v) is 4.97. The molecule has 30 heavy (non-hydrogen) atoms. The van der Waals surface area contributed by atoms with Crippen molar-refractivity contribution in [3.05, 3.63) is 71.8 Å². The molecule has 2 amide bonds. The van der Waals surface area contributed by atoms with Gasteiger partial charge in [-0.3, -0.25) is 4.79 Å². The lowest BCUT2D eigenvalue weighted by atomic mass is 10.1. The van der Waals surface area contributed by atoms with E-state index < -0.39 is 23.7 Å². The molecule has 0 saturated heterocycles. The molecule has 1 fully saturated rings. The van der Waals surface area contributed by atoms with Gasteiger partial charge in [-0.1, -0.05) is 60.7 Å². The molecule has 0 heterocycles. The predicted molar refractivity (Wildman–Crippen MR) is 107 cm³/mol. The first-order chi connectivity index (χ1) is 14.5. The van der Waals surface area contributed by atoms with Gasteiger partial charge in [0.25, 0.3) is 0 Å². The summed E-state index contributed by atoms with van der Waals surface area (Å²) >= 11 is 0. The Labute approximate surface area is 174 Å². The summed E-state index contributed by atoms with van der Waals surface area (Å²) in [5.41, 5.74) is 0.754. The molecule has 1 saturated carbocycles. The molecule has 0 radical (unpaired) electrons. The Morgan fingerprint density at radius 2 is 1.43 bits per heavy atom. The quantitative estimate of drug-likeness (QED) is 0.583. The maximum Gasteiger partial charge on any atom is 0.407 e. The second-order valence-electron chi connectivity index (χ2n) is 7.26. The zero-order valence-electron chi connectivity index (χ0n) is 16.4. The minimum Gasteiger partial charge on any atom is -0.481 e. The summed E-state index contributed by atoms with van der Waals surface area (Å²) in [5, 5.41) is 14.5. The van der Waals surface area contributed by atoms with Crippen molar-refractivity contribution < 1.29 is 29.0 Å². The number of carboxylic acids is 1. The van der Waals surface area contributed by atoms with Gasteiger partial charge in [-0.25, -0.2) is 9.59 Å². The van der Waals surface area contributed by atoms with Gasteiger partial charge in [0.15, 0.2) is 0 Å². The van der Waals surface area contributed by atoms with Crippen LogP contribution in [0.15, 0.2) is 60.7 Å². The highest BCUT2D eigenvalue weighted by Gasteiger charge is 2.56. The van der Waals surface area contributed by atoms with Gasteiger partial charge in [-0.15, -0.1) is 0 Å². The number of carbonyl (C=O) groups excluding carboxylic acids is 2. The van der Waals surface area contributed by atoms with Crippen molar-refractivity contribution in [2.24, 2.45) is 5.92 Å². The number of ether oxygens (including phenoxy) is 2. The number of hydrogen-bond acceptors (Lipinski definition) is 5. The van der Waals surface area contributed by atoms with Crippen molar-refractivity contribution >= 4 is 18.2 Å². The van der Waals surface area contributed by atoms with E-state index in [-0.39, 0.29) is 32.1 Å². The number of amides is 2. The maximum absolute atomic E-state index is 12.2. The lowest BCUT2D eigenvalue weighted by Crippen LogP contribution is -2.42. The van der Waals surface area contributed by atoms with E-state index in [0.717, 1.165) is 11.1 Å². The largest absolute Gasteiger partial charge is 0.481 e. The molecular weight excluding hydrogens is 388 g/mol. The van der Waals surface area contributed by atoms with Crippen LogP contribution < -0.4 is 10.6 Å². The van der Waals surface area contributed by atoms with Crippen molar-refractivity contribution in [2.75, 3.05) is 6.54 Å². The van der Waals surface area contributed by atoms with Crippen LogP contribution in [-0.4, -0.2) is 35.3 Å². The monoisotopic (exact) mass is 412 g/mol. The number of aliphatic carboxylic acids is 1. The van der Waals surface area contributed by atoms with E-state index >= 15 is 0 Å². The third-order valence-electron chi connectivity index (χ3n) is 4.97. The first kappa shape index (κ1) is 21.2. The van der Waals surface area contributed by atoms with Gasteiger partial charge in [-0.2, -0.15) is 0 Å². The van der Waals surface area contributed by atoms with Crippen LogP contribution in [-0.2, 0) is 27.5 Å². The second kappa shape index (κ2) is 9.78. The molecule has 158 valence electrons. The fourth-order valence-corrected chi connectivity index (χ4v) is 3.28. The van der Waals surface area contributed by atoms with Gasteiger partial charge < -0.3 is 25.2 Å². The first-order valence-electron chi connectivity index (χ1n) is 9.62. The maximum atomic E-state index is 12.2. The minimum absolute atomic E-state index is 0.0879. The zero-order valence-corrected chi connectivity index (χ0v) is 16.4. The van der Waals surface area contributed by atoms with Crippen LogP contribution in [0.1, 0.15) is 24.0 Å². The molecule has 8 heteroatoms. The number of carboxylic acid groups (broad SMARTS) is 1. The first-order valence-corrected chi connectivity index (χ1v) is 9.62. The summed E-state index contributed by atoms with van der Waals surface area (Å²) in [6.45, 7) is 0.423. The van der Waals surface area contributed by atoms with Crippen LogP contribution in [0.5, 0.6) is 0 Å². The second-order valence-corrected chi connectivity index (χ2v) is 7.26. The molecule has 2 aromatic carbocycles. The molecule has 0 bridgehead atoms. The van der Waals surface area contributed by atoms with Crippen LogP contribution in [0, 0.1) is 5.92 Å². The van der Waals surface area contributed by atoms with Gasteiger partial charge in [-0.05, 0) is 17.5 Å². The summed E-state index contributed by atoms with van der Waals surface area (Å²) in [6.07, 6.45) is -1.10. The van der Waals surface area contributed by atoms with Crippen molar-refractivity contribution in [1.29, 1.82) is 0 Å². The van der Waals surface area contributed by atoms with E-state index in [0.29, 0.717) is 6.42 Å². The molecule has 3 N–H and O–H groups in total. The molecule has 1 aliphatic carbocycles. The SMILES string of the molecule is O=C(O)C[C@@]1(NC(=O)OCc2ccccc2)C[C@H]1CNC(=O)OCc1ccccc1. The Bertz CT molecular complexity index is 874. The molecular formula is C22H24N2O6. The number of hydrogen-bond donors (Lipinski definition) is 3. The van der Waals surface area contributed by atoms with Crippen LogP contribution in [0.3, 0.4) is 0 Å². The van der Waals surface area contributed by atoms with E-state index in [1.165, 1.54) is 0 Å². The molecule has 0 aliphatic heterocycles. The molecule has 2 atom stereocenters. The van der Waals surface area contributed by atoms with Gasteiger partial charge in [0, 0.05) is 12.5 Å². The Morgan fingerprint density at radius 1 is 0.900 bits per heavy atom. The normalized spacial score (nSPS) is 19.4. The smallest absolute Gasteiger partial charge is 0.407 e. The Hall–Kier alpha value is -3.55. The van der Waals surface area contributed by atoms with Crippen LogP contribution in [0.2, 0.25) is 0 Å². The van der Waals surface area contributed by atoms with Gasteiger partial charge in [0.2, 0.25) is 0 Å². The van der Waals surface area contributed by atoms with Crippen LogP contribution >= 0.6 is 0 Å². The summed E-state index contributed by atoms with van der Waals surface area (Å²) in [4.78, 5) is 35.3. The standard InChI is InChI=1S/C22H24N2O6/c25-19(26)12-22(24-21(28)30-15-17-9-5-2-6-10-17)11-18(22)13-23-20(27)29-14-16-7-3-1-4-8-16/h1-10,18H,11-15H2,(H,23,27)(H,24,28)(H,25,26)/t18-,22-/m0/s1.